The van der Waals surface area contributed by atoms with Crippen molar-refractivity contribution in [3.8, 4) is 0 Å². The molecule has 1 fully saturated rings. The lowest BCUT2D eigenvalue weighted by atomic mass is 10.2. The third kappa shape index (κ3) is 3.06. The van der Waals surface area contributed by atoms with Crippen LogP contribution in [-0.4, -0.2) is 37.6 Å². The van der Waals surface area contributed by atoms with Crippen LogP contribution in [0.15, 0.2) is 18.2 Å². The van der Waals surface area contributed by atoms with Gasteiger partial charge in [0.2, 0.25) is 0 Å². The predicted molar refractivity (Wildman–Crippen MR) is 75.3 cm³/mol. The van der Waals surface area contributed by atoms with Crippen molar-refractivity contribution >= 4 is 28.9 Å². The minimum absolute atomic E-state index is 0.475. The quantitative estimate of drug-likeness (QED) is 0.780. The first kappa shape index (κ1) is 13.0. The molecule has 0 unspecified atom stereocenters. The van der Waals surface area contributed by atoms with E-state index in [1.807, 2.05) is 12.1 Å². The molecule has 17 heavy (non-hydrogen) atoms. The van der Waals surface area contributed by atoms with Crippen molar-refractivity contribution in [2.75, 3.05) is 37.6 Å². The van der Waals surface area contributed by atoms with Crippen LogP contribution in [0.4, 0.5) is 5.69 Å². The van der Waals surface area contributed by atoms with Gasteiger partial charge in [0.25, 0.3) is 0 Å². The average molecular weight is 273 g/mol. The first-order chi connectivity index (χ1) is 8.24. The van der Waals surface area contributed by atoms with E-state index in [0.29, 0.717) is 5.88 Å². The maximum absolute atomic E-state index is 6.18. The maximum atomic E-state index is 6.18. The van der Waals surface area contributed by atoms with E-state index < -0.39 is 0 Å². The van der Waals surface area contributed by atoms with Gasteiger partial charge in [-0.1, -0.05) is 24.6 Å². The Hall–Kier alpha value is -0.440. The van der Waals surface area contributed by atoms with Gasteiger partial charge in [-0.25, -0.2) is 0 Å². The summed E-state index contributed by atoms with van der Waals surface area (Å²) in [5.74, 6) is 0.475. The summed E-state index contributed by atoms with van der Waals surface area (Å²) in [5.41, 5.74) is 2.21. The first-order valence-corrected chi connectivity index (χ1v) is 6.97. The van der Waals surface area contributed by atoms with Gasteiger partial charge >= 0.3 is 0 Å². The van der Waals surface area contributed by atoms with Crippen molar-refractivity contribution in [2.24, 2.45) is 0 Å². The highest BCUT2D eigenvalue weighted by Crippen LogP contribution is 2.25. The molecule has 0 bridgehead atoms. The molecule has 0 radical (unpaired) electrons. The molecular formula is C13H18Cl2N2. The van der Waals surface area contributed by atoms with Crippen molar-refractivity contribution < 1.29 is 0 Å². The van der Waals surface area contributed by atoms with Gasteiger partial charge in [0.1, 0.15) is 0 Å². The van der Waals surface area contributed by atoms with Crippen LogP contribution in [0.1, 0.15) is 12.5 Å². The van der Waals surface area contributed by atoms with Crippen molar-refractivity contribution in [3.05, 3.63) is 28.8 Å². The number of hydrogen-bond donors (Lipinski definition) is 0. The molecule has 1 aliphatic heterocycles. The number of nitrogens with zero attached hydrogens (tertiary/aromatic N) is 2. The van der Waals surface area contributed by atoms with Crippen molar-refractivity contribution in [1.82, 2.24) is 4.90 Å². The van der Waals surface area contributed by atoms with Crippen LogP contribution in [0.2, 0.25) is 5.02 Å². The van der Waals surface area contributed by atoms with E-state index in [9.17, 15) is 0 Å². The third-order valence-electron chi connectivity index (χ3n) is 3.37. The van der Waals surface area contributed by atoms with Gasteiger partial charge in [-0.2, -0.15) is 0 Å². The second kappa shape index (κ2) is 5.94. The van der Waals surface area contributed by atoms with Gasteiger partial charge in [0.15, 0.2) is 0 Å². The molecule has 0 amide bonds. The summed E-state index contributed by atoms with van der Waals surface area (Å²) in [6.07, 6.45) is 0. The average Bonchev–Trinajstić information content (AvgIpc) is 2.39. The van der Waals surface area contributed by atoms with Crippen LogP contribution in [0.25, 0.3) is 0 Å². The fraction of sp³-hybridized carbons (Fsp3) is 0.538. The van der Waals surface area contributed by atoms with Crippen molar-refractivity contribution in [1.29, 1.82) is 0 Å². The molecule has 4 heteroatoms. The van der Waals surface area contributed by atoms with E-state index in [-0.39, 0.29) is 0 Å². The molecule has 1 aromatic rings. The van der Waals surface area contributed by atoms with Crippen LogP contribution >= 0.6 is 23.2 Å². The van der Waals surface area contributed by atoms with E-state index in [4.69, 9.17) is 23.2 Å². The van der Waals surface area contributed by atoms with Crippen molar-refractivity contribution in [3.63, 3.8) is 0 Å². The number of rotatable bonds is 3. The number of hydrogen-bond acceptors (Lipinski definition) is 2. The Morgan fingerprint density at radius 3 is 2.41 bits per heavy atom. The zero-order valence-electron chi connectivity index (χ0n) is 10.1. The minimum Gasteiger partial charge on any atom is -0.369 e. The summed E-state index contributed by atoms with van der Waals surface area (Å²) < 4.78 is 0. The Labute approximate surface area is 113 Å². The Bertz CT molecular complexity index is 374. The number of piperazine rings is 1. The first-order valence-electron chi connectivity index (χ1n) is 6.06. The Kier molecular flexibility index (Phi) is 4.55. The molecule has 0 saturated carbocycles. The van der Waals surface area contributed by atoms with Gasteiger partial charge in [-0.3, -0.25) is 0 Å². The predicted octanol–water partition coefficient (Wildman–Crippen LogP) is 3.22. The smallest absolute Gasteiger partial charge is 0.0488 e. The summed E-state index contributed by atoms with van der Waals surface area (Å²) in [4.78, 5) is 4.85. The SMILES string of the molecule is CCN1CCN(c2ccc(CCl)c(Cl)c2)CC1. The van der Waals surface area contributed by atoms with Gasteiger partial charge in [0, 0.05) is 42.8 Å². The molecule has 1 saturated heterocycles. The molecule has 94 valence electrons. The summed E-state index contributed by atoms with van der Waals surface area (Å²) in [5, 5.41) is 0.774. The highest BCUT2D eigenvalue weighted by atomic mass is 35.5. The van der Waals surface area contributed by atoms with Crippen LogP contribution in [-0.2, 0) is 5.88 Å². The molecule has 0 spiro atoms. The van der Waals surface area contributed by atoms with E-state index in [1.54, 1.807) is 0 Å². The molecule has 0 aromatic heterocycles. The molecule has 2 nitrogen and oxygen atoms in total. The van der Waals surface area contributed by atoms with E-state index in [0.717, 1.165) is 43.3 Å². The third-order valence-corrected chi connectivity index (χ3v) is 4.01. The van der Waals surface area contributed by atoms with Gasteiger partial charge in [-0.05, 0) is 24.2 Å². The van der Waals surface area contributed by atoms with E-state index in [2.05, 4.69) is 22.8 Å². The largest absolute Gasteiger partial charge is 0.369 e. The molecular weight excluding hydrogens is 255 g/mol. The fourth-order valence-electron chi connectivity index (χ4n) is 2.16. The Morgan fingerprint density at radius 1 is 1.18 bits per heavy atom. The Morgan fingerprint density at radius 2 is 1.88 bits per heavy atom. The normalized spacial score (nSPS) is 17.5. The number of alkyl halides is 1. The zero-order valence-corrected chi connectivity index (χ0v) is 11.6. The second-order valence-electron chi connectivity index (χ2n) is 4.33. The number of halogens is 2. The van der Waals surface area contributed by atoms with Crippen molar-refractivity contribution in [2.45, 2.75) is 12.8 Å². The summed E-state index contributed by atoms with van der Waals surface area (Å²) in [6.45, 7) is 7.76. The molecule has 1 aromatic carbocycles. The zero-order chi connectivity index (χ0) is 12.3. The monoisotopic (exact) mass is 272 g/mol. The molecule has 2 rings (SSSR count). The minimum atomic E-state index is 0.475. The molecule has 0 N–H and O–H groups in total. The standard InChI is InChI=1S/C13H18Cl2N2/c1-2-16-5-7-17(8-6-16)12-4-3-11(10-14)13(15)9-12/h3-4,9H,2,5-8,10H2,1H3. The molecule has 0 atom stereocenters. The molecule has 1 heterocycles. The fourth-order valence-corrected chi connectivity index (χ4v) is 2.71. The molecule has 0 aliphatic carbocycles. The van der Waals surface area contributed by atoms with Crippen LogP contribution in [0, 0.1) is 0 Å². The van der Waals surface area contributed by atoms with Crippen LogP contribution < -0.4 is 4.90 Å². The number of likely N-dealkylation sites (N-methyl/N-ethyl adjacent to an activating group) is 1. The van der Waals surface area contributed by atoms with Gasteiger partial charge < -0.3 is 9.80 Å². The summed E-state index contributed by atoms with van der Waals surface area (Å²) in [6, 6.07) is 6.17. The maximum Gasteiger partial charge on any atom is 0.0488 e. The summed E-state index contributed by atoms with van der Waals surface area (Å²) >= 11 is 12.0. The number of anilines is 1. The lowest BCUT2D eigenvalue weighted by molar-refractivity contribution is 0.271. The molecule has 1 aliphatic rings. The van der Waals surface area contributed by atoms with Crippen LogP contribution in [0.3, 0.4) is 0 Å². The lowest BCUT2D eigenvalue weighted by Gasteiger charge is -2.35. The van der Waals surface area contributed by atoms with Gasteiger partial charge in [-0.15, -0.1) is 11.6 Å². The van der Waals surface area contributed by atoms with E-state index >= 15 is 0 Å². The highest BCUT2D eigenvalue weighted by Gasteiger charge is 2.16. The van der Waals surface area contributed by atoms with Gasteiger partial charge in [0.05, 0.1) is 0 Å². The van der Waals surface area contributed by atoms with Crippen LogP contribution in [0.5, 0.6) is 0 Å². The summed E-state index contributed by atoms with van der Waals surface area (Å²) in [7, 11) is 0. The highest BCUT2D eigenvalue weighted by molar-refractivity contribution is 6.32. The number of benzene rings is 1. The Balaban J connectivity index is 2.06. The lowest BCUT2D eigenvalue weighted by Crippen LogP contribution is -2.46. The second-order valence-corrected chi connectivity index (χ2v) is 5.01. The topological polar surface area (TPSA) is 6.48 Å². The van der Waals surface area contributed by atoms with E-state index in [1.165, 1.54) is 5.69 Å².